The highest BCUT2D eigenvalue weighted by Crippen LogP contribution is 2.38. The molecule has 0 spiro atoms. The molecule has 192 valence electrons. The third kappa shape index (κ3) is 8.53. The summed E-state index contributed by atoms with van der Waals surface area (Å²) in [4.78, 5) is 12.4. The molecule has 0 aromatic carbocycles. The third-order valence-electron chi connectivity index (χ3n) is 7.86. The van der Waals surface area contributed by atoms with Crippen molar-refractivity contribution in [3.05, 3.63) is 48.1 Å². The van der Waals surface area contributed by atoms with E-state index in [1.807, 2.05) is 38.2 Å². The number of allylic oxidation sites excluding steroid dienone is 4. The average molecular weight is 473 g/mol. The lowest BCUT2D eigenvalue weighted by Crippen LogP contribution is -2.29. The Morgan fingerprint density at radius 2 is 1.97 bits per heavy atom. The number of cyclic esters (lactones) is 1. The second kappa shape index (κ2) is 12.9. The molecular weight excluding hydrogens is 424 g/mol. The van der Waals surface area contributed by atoms with Crippen LogP contribution >= 0.6 is 0 Å². The van der Waals surface area contributed by atoms with Gasteiger partial charge in [-0.2, -0.15) is 0 Å². The van der Waals surface area contributed by atoms with Gasteiger partial charge in [-0.05, 0) is 54.9 Å². The number of esters is 1. The second-order valence-corrected chi connectivity index (χ2v) is 11.4. The van der Waals surface area contributed by atoms with E-state index in [0.29, 0.717) is 30.0 Å². The minimum atomic E-state index is -0.541. The van der Waals surface area contributed by atoms with Gasteiger partial charge in [-0.25, -0.2) is 4.79 Å². The number of hydrogen-bond donors (Lipinski definition) is 1. The summed E-state index contributed by atoms with van der Waals surface area (Å²) in [6.07, 6.45) is 17.1. The van der Waals surface area contributed by atoms with E-state index in [1.54, 1.807) is 0 Å². The zero-order valence-corrected chi connectivity index (χ0v) is 22.7. The number of aliphatic hydroxyl groups is 1. The van der Waals surface area contributed by atoms with Crippen molar-refractivity contribution in [1.82, 2.24) is 0 Å². The van der Waals surface area contributed by atoms with Crippen molar-refractivity contribution in [2.45, 2.75) is 105 Å². The van der Waals surface area contributed by atoms with Crippen LogP contribution in [0.5, 0.6) is 0 Å². The van der Waals surface area contributed by atoms with Gasteiger partial charge >= 0.3 is 5.97 Å². The van der Waals surface area contributed by atoms with Gasteiger partial charge in [-0.1, -0.05) is 91.3 Å². The van der Waals surface area contributed by atoms with Crippen LogP contribution in [0, 0.1) is 29.1 Å². The Kier molecular flexibility index (Phi) is 10.8. The molecule has 0 aromatic rings. The summed E-state index contributed by atoms with van der Waals surface area (Å²) in [6, 6.07) is 0. The van der Waals surface area contributed by atoms with Gasteiger partial charge in [-0.3, -0.25) is 0 Å². The van der Waals surface area contributed by atoms with Crippen LogP contribution in [0.3, 0.4) is 0 Å². The first-order valence-electron chi connectivity index (χ1n) is 13.2. The predicted octanol–water partition coefficient (Wildman–Crippen LogP) is 6.81. The summed E-state index contributed by atoms with van der Waals surface area (Å²) in [5.41, 5.74) is 0.735. The first-order chi connectivity index (χ1) is 16.0. The lowest BCUT2D eigenvalue weighted by Gasteiger charge is -2.29. The monoisotopic (exact) mass is 472 g/mol. The van der Waals surface area contributed by atoms with Gasteiger partial charge < -0.3 is 14.6 Å². The van der Waals surface area contributed by atoms with Gasteiger partial charge in [0.25, 0.3) is 0 Å². The molecule has 0 saturated carbocycles. The number of rotatable bonds is 8. The van der Waals surface area contributed by atoms with Crippen molar-refractivity contribution < 1.29 is 19.4 Å². The molecular formula is C30H48O4. The second-order valence-electron chi connectivity index (χ2n) is 11.4. The van der Waals surface area contributed by atoms with Gasteiger partial charge in [0.2, 0.25) is 0 Å². The van der Waals surface area contributed by atoms with Gasteiger partial charge in [0.1, 0.15) is 6.10 Å². The zero-order chi connectivity index (χ0) is 25.5. The van der Waals surface area contributed by atoms with E-state index in [-0.39, 0.29) is 23.4 Å². The number of epoxide rings is 1. The fourth-order valence-corrected chi connectivity index (χ4v) is 4.65. The molecule has 2 rings (SSSR count). The SMILES string of the molecule is CCC(C)C(C)C1OC1CC(C)/C=C/C=C(\C)C1OC(=O)/C=C\CCC(C)(C)C(O)/C=C/C1C. The molecule has 2 aliphatic rings. The van der Waals surface area contributed by atoms with Crippen molar-refractivity contribution in [2.24, 2.45) is 29.1 Å². The molecule has 1 saturated heterocycles. The summed E-state index contributed by atoms with van der Waals surface area (Å²) in [7, 11) is 0. The van der Waals surface area contributed by atoms with Crippen LogP contribution in [0.25, 0.3) is 0 Å². The van der Waals surface area contributed by atoms with Crippen molar-refractivity contribution in [1.29, 1.82) is 0 Å². The van der Waals surface area contributed by atoms with E-state index in [2.05, 4.69) is 53.7 Å². The Bertz CT molecular complexity index is 775. The predicted molar refractivity (Wildman–Crippen MR) is 140 cm³/mol. The number of carbonyl (C=O) groups is 1. The zero-order valence-electron chi connectivity index (χ0n) is 22.7. The molecule has 0 aromatic heterocycles. The van der Waals surface area contributed by atoms with Crippen LogP contribution < -0.4 is 0 Å². The molecule has 0 aliphatic carbocycles. The van der Waals surface area contributed by atoms with Crippen molar-refractivity contribution >= 4 is 5.97 Å². The molecule has 4 nitrogen and oxygen atoms in total. The van der Waals surface area contributed by atoms with Crippen molar-refractivity contribution in [2.75, 3.05) is 0 Å². The number of carbonyl (C=O) groups excluding carboxylic acids is 1. The lowest BCUT2D eigenvalue weighted by atomic mass is 9.81. The maximum Gasteiger partial charge on any atom is 0.331 e. The Morgan fingerprint density at radius 3 is 2.65 bits per heavy atom. The van der Waals surface area contributed by atoms with Crippen LogP contribution in [0.1, 0.15) is 81.1 Å². The molecule has 0 bridgehead atoms. The van der Waals surface area contributed by atoms with Crippen molar-refractivity contribution in [3.63, 3.8) is 0 Å². The van der Waals surface area contributed by atoms with E-state index in [4.69, 9.17) is 9.47 Å². The molecule has 2 heterocycles. The maximum absolute atomic E-state index is 12.4. The molecule has 8 atom stereocenters. The fraction of sp³-hybridized carbons (Fsp3) is 0.700. The van der Waals surface area contributed by atoms with Gasteiger partial charge in [-0.15, -0.1) is 0 Å². The van der Waals surface area contributed by atoms with E-state index in [9.17, 15) is 9.90 Å². The van der Waals surface area contributed by atoms with Gasteiger partial charge in [0.05, 0.1) is 18.3 Å². The Hall–Kier alpha value is -1.65. The molecule has 4 heteroatoms. The Labute approximate surface area is 208 Å². The van der Waals surface area contributed by atoms with E-state index < -0.39 is 6.10 Å². The molecule has 0 amide bonds. The summed E-state index contributed by atoms with van der Waals surface area (Å²) in [5.74, 6) is 1.35. The normalized spacial score (nSPS) is 34.9. The minimum absolute atomic E-state index is 0.0491. The van der Waals surface area contributed by atoms with Crippen LogP contribution in [0.15, 0.2) is 48.1 Å². The summed E-state index contributed by atoms with van der Waals surface area (Å²) >= 11 is 0. The summed E-state index contributed by atoms with van der Waals surface area (Å²) < 4.78 is 11.8. The molecule has 1 fully saturated rings. The number of aliphatic hydroxyl groups excluding tert-OH is 1. The number of ether oxygens (including phenoxy) is 2. The van der Waals surface area contributed by atoms with Crippen LogP contribution in [0.2, 0.25) is 0 Å². The van der Waals surface area contributed by atoms with Crippen molar-refractivity contribution in [3.8, 4) is 0 Å². The Balaban J connectivity index is 2.02. The molecule has 2 aliphatic heterocycles. The first kappa shape index (κ1) is 28.6. The van der Waals surface area contributed by atoms with Crippen LogP contribution in [-0.2, 0) is 14.3 Å². The highest BCUT2D eigenvalue weighted by atomic mass is 16.6. The topological polar surface area (TPSA) is 59.1 Å². The van der Waals surface area contributed by atoms with Crippen LogP contribution in [-0.4, -0.2) is 35.5 Å². The highest BCUT2D eigenvalue weighted by molar-refractivity contribution is 5.82. The van der Waals surface area contributed by atoms with Gasteiger partial charge in [0, 0.05) is 12.0 Å². The third-order valence-corrected chi connectivity index (χ3v) is 7.86. The maximum atomic E-state index is 12.4. The fourth-order valence-electron chi connectivity index (χ4n) is 4.65. The first-order valence-corrected chi connectivity index (χ1v) is 13.2. The lowest BCUT2D eigenvalue weighted by molar-refractivity contribution is -0.142. The van der Waals surface area contributed by atoms with E-state index in [1.165, 1.54) is 12.5 Å². The molecule has 8 unspecified atom stereocenters. The quantitative estimate of drug-likeness (QED) is 0.182. The number of hydrogen-bond acceptors (Lipinski definition) is 4. The standard InChI is InChI=1S/C30H48O4/c1-9-21(3)24(6)29-25(33-29)19-20(2)13-12-14-22(4)28-23(5)16-17-26(31)30(7,8)18-11-10-15-27(32)34-28/h10,12-17,20-21,23-26,28-29,31H,9,11,18-19H2,1-8H3/b13-12+,15-10-,17-16+,22-14+. The largest absolute Gasteiger partial charge is 0.454 e. The molecule has 1 N–H and O–H groups in total. The van der Waals surface area contributed by atoms with Gasteiger partial charge in [0.15, 0.2) is 0 Å². The minimum Gasteiger partial charge on any atom is -0.454 e. The smallest absolute Gasteiger partial charge is 0.331 e. The highest BCUT2D eigenvalue weighted by Gasteiger charge is 2.44. The van der Waals surface area contributed by atoms with Crippen LogP contribution in [0.4, 0.5) is 0 Å². The Morgan fingerprint density at radius 1 is 1.26 bits per heavy atom. The summed E-state index contributed by atoms with van der Waals surface area (Å²) in [5, 5.41) is 10.6. The van der Waals surface area contributed by atoms with E-state index in [0.717, 1.165) is 24.8 Å². The average Bonchev–Trinajstić information content (AvgIpc) is 3.55. The molecule has 0 radical (unpaired) electrons. The summed E-state index contributed by atoms with van der Waals surface area (Å²) in [6.45, 7) is 17.2. The van der Waals surface area contributed by atoms with E-state index >= 15 is 0 Å². The molecule has 34 heavy (non-hydrogen) atoms.